The van der Waals surface area contributed by atoms with Gasteiger partial charge in [-0.15, -0.1) is 24.0 Å². The van der Waals surface area contributed by atoms with Gasteiger partial charge in [-0.1, -0.05) is 26.7 Å². The third-order valence-electron chi connectivity index (χ3n) is 4.88. The van der Waals surface area contributed by atoms with Gasteiger partial charge < -0.3 is 20.9 Å². The fourth-order valence-corrected chi connectivity index (χ4v) is 3.15. The predicted octanol–water partition coefficient (Wildman–Crippen LogP) is 3.07. The van der Waals surface area contributed by atoms with Gasteiger partial charge in [-0.25, -0.2) is 9.98 Å². The quantitative estimate of drug-likeness (QED) is 0.335. The number of anilines is 1. The van der Waals surface area contributed by atoms with Crippen molar-refractivity contribution in [2.45, 2.75) is 52.6 Å². The van der Waals surface area contributed by atoms with Crippen LogP contribution < -0.4 is 16.0 Å². The van der Waals surface area contributed by atoms with Crippen LogP contribution >= 0.6 is 24.0 Å². The zero-order chi connectivity index (χ0) is 18.9. The Kier molecular flexibility index (Phi) is 11.0. The van der Waals surface area contributed by atoms with Gasteiger partial charge in [0.05, 0.1) is 6.54 Å². The standard InChI is InChI=1S/C20H36N6.HI/c1-16(2)6-5-7-17(3)24-20(21)23-15-18-8-9-22-19(14-18)26-12-10-25(4)11-13-26;/h8-9,14,16-17H,5-7,10-13,15H2,1-4H3,(H3,21,23,24);1H. The Balaban J connectivity index is 0.00000364. The van der Waals surface area contributed by atoms with E-state index in [1.165, 1.54) is 12.8 Å². The lowest BCUT2D eigenvalue weighted by Gasteiger charge is -2.33. The van der Waals surface area contributed by atoms with Gasteiger partial charge in [-0.05, 0) is 44.0 Å². The number of guanidine groups is 1. The van der Waals surface area contributed by atoms with Crippen LogP contribution in [0.3, 0.4) is 0 Å². The van der Waals surface area contributed by atoms with Gasteiger partial charge in [0, 0.05) is 38.4 Å². The summed E-state index contributed by atoms with van der Waals surface area (Å²) >= 11 is 0. The van der Waals surface area contributed by atoms with E-state index in [0.717, 1.165) is 49.9 Å². The molecule has 1 aromatic rings. The number of aliphatic imine (C=N–C) groups is 1. The molecule has 0 aromatic carbocycles. The molecule has 7 heteroatoms. The van der Waals surface area contributed by atoms with Crippen molar-refractivity contribution in [3.8, 4) is 0 Å². The minimum atomic E-state index is 0. The first-order valence-corrected chi connectivity index (χ1v) is 9.89. The van der Waals surface area contributed by atoms with E-state index in [1.807, 2.05) is 12.3 Å². The zero-order valence-corrected chi connectivity index (χ0v) is 19.6. The maximum atomic E-state index is 6.06. The number of likely N-dealkylation sites (N-methyl/N-ethyl adjacent to an activating group) is 1. The summed E-state index contributed by atoms with van der Waals surface area (Å²) in [5.41, 5.74) is 7.20. The van der Waals surface area contributed by atoms with Crippen molar-refractivity contribution in [2.75, 3.05) is 38.1 Å². The summed E-state index contributed by atoms with van der Waals surface area (Å²) < 4.78 is 0. The number of hydrogen-bond acceptors (Lipinski definition) is 4. The van der Waals surface area contributed by atoms with Crippen molar-refractivity contribution >= 4 is 35.8 Å². The molecule has 27 heavy (non-hydrogen) atoms. The van der Waals surface area contributed by atoms with Gasteiger partial charge in [0.25, 0.3) is 0 Å². The molecule has 154 valence electrons. The van der Waals surface area contributed by atoms with Crippen molar-refractivity contribution < 1.29 is 0 Å². The highest BCUT2D eigenvalue weighted by atomic mass is 127. The Morgan fingerprint density at radius 2 is 1.93 bits per heavy atom. The van der Waals surface area contributed by atoms with E-state index < -0.39 is 0 Å². The number of piperazine rings is 1. The Hall–Kier alpha value is -1.09. The number of nitrogens with one attached hydrogen (secondary N) is 1. The molecule has 0 aliphatic carbocycles. The third-order valence-corrected chi connectivity index (χ3v) is 4.88. The molecule has 1 aliphatic rings. The van der Waals surface area contributed by atoms with E-state index in [9.17, 15) is 0 Å². The number of pyridine rings is 1. The molecule has 0 saturated carbocycles. The molecule has 6 nitrogen and oxygen atoms in total. The van der Waals surface area contributed by atoms with Gasteiger partial charge in [0.2, 0.25) is 0 Å². The molecule has 1 atom stereocenters. The summed E-state index contributed by atoms with van der Waals surface area (Å²) in [5.74, 6) is 2.33. The van der Waals surface area contributed by atoms with Gasteiger partial charge in [-0.2, -0.15) is 0 Å². The largest absolute Gasteiger partial charge is 0.370 e. The van der Waals surface area contributed by atoms with Crippen molar-refractivity contribution in [1.82, 2.24) is 15.2 Å². The number of aromatic nitrogens is 1. The van der Waals surface area contributed by atoms with Crippen LogP contribution in [0.2, 0.25) is 0 Å². The lowest BCUT2D eigenvalue weighted by Crippen LogP contribution is -2.44. The second-order valence-electron chi connectivity index (χ2n) is 7.88. The SMILES string of the molecule is CC(C)CCCC(C)NC(N)=NCc1ccnc(N2CCN(C)CC2)c1.I. The Morgan fingerprint density at radius 1 is 1.22 bits per heavy atom. The van der Waals surface area contributed by atoms with Crippen LogP contribution in [0.1, 0.15) is 45.6 Å². The molecule has 0 amide bonds. The molecule has 1 aromatic heterocycles. The van der Waals surface area contributed by atoms with Gasteiger partial charge in [-0.3, -0.25) is 0 Å². The first kappa shape index (κ1) is 23.9. The maximum Gasteiger partial charge on any atom is 0.189 e. The monoisotopic (exact) mass is 488 g/mol. The molecular weight excluding hydrogens is 451 g/mol. The summed E-state index contributed by atoms with van der Waals surface area (Å²) in [7, 11) is 2.16. The molecule has 0 radical (unpaired) electrons. The Bertz CT molecular complexity index is 569. The summed E-state index contributed by atoms with van der Waals surface area (Å²) in [6.07, 6.45) is 5.47. The maximum absolute atomic E-state index is 6.06. The van der Waals surface area contributed by atoms with E-state index in [0.29, 0.717) is 18.5 Å². The van der Waals surface area contributed by atoms with Crippen molar-refractivity contribution in [3.63, 3.8) is 0 Å². The van der Waals surface area contributed by atoms with Gasteiger partial charge in [0.1, 0.15) is 5.82 Å². The number of nitrogens with two attached hydrogens (primary N) is 1. The third kappa shape index (κ3) is 9.10. The van der Waals surface area contributed by atoms with E-state index in [2.05, 4.69) is 59.0 Å². The molecule has 3 N–H and O–H groups in total. The normalized spacial score (nSPS) is 16.9. The van der Waals surface area contributed by atoms with Crippen LogP contribution in [0.15, 0.2) is 23.3 Å². The van der Waals surface area contributed by atoms with Crippen molar-refractivity contribution in [2.24, 2.45) is 16.6 Å². The lowest BCUT2D eigenvalue weighted by molar-refractivity contribution is 0.312. The average Bonchev–Trinajstić information content (AvgIpc) is 2.60. The minimum Gasteiger partial charge on any atom is -0.370 e. The molecule has 1 unspecified atom stereocenters. The predicted molar refractivity (Wildman–Crippen MR) is 126 cm³/mol. The second kappa shape index (κ2) is 12.4. The fraction of sp³-hybridized carbons (Fsp3) is 0.700. The van der Waals surface area contributed by atoms with Crippen LogP contribution in [0, 0.1) is 5.92 Å². The first-order valence-electron chi connectivity index (χ1n) is 9.89. The average molecular weight is 488 g/mol. The fourth-order valence-electron chi connectivity index (χ4n) is 3.15. The Labute approximate surface area is 182 Å². The van der Waals surface area contributed by atoms with Crippen LogP contribution in [0.25, 0.3) is 0 Å². The Morgan fingerprint density at radius 3 is 2.59 bits per heavy atom. The highest BCUT2D eigenvalue weighted by Gasteiger charge is 2.15. The molecule has 0 bridgehead atoms. The van der Waals surface area contributed by atoms with E-state index in [1.54, 1.807) is 0 Å². The summed E-state index contributed by atoms with van der Waals surface area (Å²) in [5, 5.41) is 3.30. The second-order valence-corrected chi connectivity index (χ2v) is 7.88. The molecule has 1 aliphatic heterocycles. The van der Waals surface area contributed by atoms with E-state index in [-0.39, 0.29) is 24.0 Å². The highest BCUT2D eigenvalue weighted by Crippen LogP contribution is 2.15. The molecule has 2 rings (SSSR count). The minimum absolute atomic E-state index is 0. The number of halogens is 1. The summed E-state index contributed by atoms with van der Waals surface area (Å²) in [4.78, 5) is 13.7. The molecule has 0 spiro atoms. The number of rotatable bonds is 8. The van der Waals surface area contributed by atoms with Crippen LogP contribution in [-0.2, 0) is 6.54 Å². The number of hydrogen-bond donors (Lipinski definition) is 2. The van der Waals surface area contributed by atoms with Crippen molar-refractivity contribution in [1.29, 1.82) is 0 Å². The molecular formula is C20H37IN6. The first-order chi connectivity index (χ1) is 12.4. The van der Waals surface area contributed by atoms with Crippen LogP contribution in [-0.4, -0.2) is 55.1 Å². The van der Waals surface area contributed by atoms with E-state index in [4.69, 9.17) is 5.73 Å². The van der Waals surface area contributed by atoms with Crippen LogP contribution in [0.5, 0.6) is 0 Å². The van der Waals surface area contributed by atoms with Gasteiger partial charge in [0.15, 0.2) is 5.96 Å². The van der Waals surface area contributed by atoms with E-state index >= 15 is 0 Å². The molecule has 1 fully saturated rings. The molecule has 1 saturated heterocycles. The lowest BCUT2D eigenvalue weighted by atomic mass is 10.0. The smallest absolute Gasteiger partial charge is 0.189 e. The van der Waals surface area contributed by atoms with Crippen LogP contribution in [0.4, 0.5) is 5.82 Å². The topological polar surface area (TPSA) is 69.8 Å². The summed E-state index contributed by atoms with van der Waals surface area (Å²) in [6.45, 7) is 11.5. The molecule has 2 heterocycles. The summed E-state index contributed by atoms with van der Waals surface area (Å²) in [6, 6.07) is 4.51. The zero-order valence-electron chi connectivity index (χ0n) is 17.3. The van der Waals surface area contributed by atoms with Gasteiger partial charge >= 0.3 is 0 Å². The number of nitrogens with zero attached hydrogens (tertiary/aromatic N) is 4. The van der Waals surface area contributed by atoms with Crippen molar-refractivity contribution in [3.05, 3.63) is 23.9 Å². The highest BCUT2D eigenvalue weighted by molar-refractivity contribution is 14.0.